The Morgan fingerprint density at radius 2 is 1.41 bits per heavy atom. The Hall–Kier alpha value is -1.58. The number of ether oxygens (including phenoxy) is 2. The average Bonchev–Trinajstić information content (AvgIpc) is 2.52. The highest BCUT2D eigenvalue weighted by molar-refractivity contribution is 5.70. The van der Waals surface area contributed by atoms with E-state index in [1.807, 2.05) is 12.1 Å². The third-order valence-electron chi connectivity index (χ3n) is 3.71. The molecule has 4 heteroatoms. The maximum Gasteiger partial charge on any atom is 0.144 e. The second-order valence-corrected chi connectivity index (χ2v) is 5.43. The number of hydrogen-bond donors (Lipinski definition) is 1. The number of anilines is 2. The fourth-order valence-corrected chi connectivity index (χ4v) is 2.27. The fourth-order valence-electron chi connectivity index (χ4n) is 2.27. The van der Waals surface area contributed by atoms with Crippen molar-refractivity contribution in [3.63, 3.8) is 0 Å². The second-order valence-electron chi connectivity index (χ2n) is 5.43. The summed E-state index contributed by atoms with van der Waals surface area (Å²) in [5.74, 6) is 1.62. The predicted octanol–water partition coefficient (Wildman–Crippen LogP) is 4.47. The molecule has 22 heavy (non-hydrogen) atoms. The average molecular weight is 308 g/mol. The normalized spacial score (nSPS) is 10.5. The van der Waals surface area contributed by atoms with Gasteiger partial charge in [0, 0.05) is 25.2 Å². The molecular formula is C18H32N2O2. The SMILES string of the molecule is CCCCOc1cc(N(CC)CC)c(OCCCC)cc1N. The van der Waals surface area contributed by atoms with E-state index in [9.17, 15) is 0 Å². The van der Waals surface area contributed by atoms with Crippen LogP contribution in [0.1, 0.15) is 53.4 Å². The molecule has 0 aliphatic heterocycles. The Labute approximate surface area is 135 Å². The van der Waals surface area contributed by atoms with Crippen LogP contribution >= 0.6 is 0 Å². The molecule has 0 amide bonds. The van der Waals surface area contributed by atoms with Gasteiger partial charge in [0.25, 0.3) is 0 Å². The van der Waals surface area contributed by atoms with Crippen molar-refractivity contribution in [2.75, 3.05) is 36.9 Å². The number of hydrogen-bond acceptors (Lipinski definition) is 4. The van der Waals surface area contributed by atoms with Gasteiger partial charge in [-0.3, -0.25) is 0 Å². The molecule has 126 valence electrons. The molecule has 1 aromatic rings. The summed E-state index contributed by atoms with van der Waals surface area (Å²) in [6, 6.07) is 3.93. The van der Waals surface area contributed by atoms with E-state index in [1.165, 1.54) is 0 Å². The zero-order valence-corrected chi connectivity index (χ0v) is 14.7. The van der Waals surface area contributed by atoms with Gasteiger partial charge in [0.15, 0.2) is 0 Å². The van der Waals surface area contributed by atoms with Crippen LogP contribution in [0, 0.1) is 0 Å². The van der Waals surface area contributed by atoms with E-state index in [4.69, 9.17) is 15.2 Å². The number of nitrogen functional groups attached to an aromatic ring is 1. The number of nitrogens with two attached hydrogens (primary N) is 1. The molecule has 0 saturated heterocycles. The summed E-state index contributed by atoms with van der Waals surface area (Å²) in [6.45, 7) is 11.9. The first-order chi connectivity index (χ1) is 10.7. The maximum absolute atomic E-state index is 6.14. The maximum atomic E-state index is 6.14. The van der Waals surface area contributed by atoms with E-state index < -0.39 is 0 Å². The third-order valence-corrected chi connectivity index (χ3v) is 3.71. The molecule has 1 aromatic carbocycles. The topological polar surface area (TPSA) is 47.7 Å². The Balaban J connectivity index is 3.00. The first-order valence-corrected chi connectivity index (χ1v) is 8.61. The van der Waals surface area contributed by atoms with Crippen LogP contribution in [0.15, 0.2) is 12.1 Å². The Morgan fingerprint density at radius 3 is 1.91 bits per heavy atom. The first-order valence-electron chi connectivity index (χ1n) is 8.61. The summed E-state index contributed by atoms with van der Waals surface area (Å²) in [4.78, 5) is 2.27. The second kappa shape index (κ2) is 10.2. The van der Waals surface area contributed by atoms with E-state index in [2.05, 4.69) is 32.6 Å². The molecule has 0 radical (unpaired) electrons. The monoisotopic (exact) mass is 308 g/mol. The van der Waals surface area contributed by atoms with Crippen LogP contribution in [0.2, 0.25) is 0 Å². The van der Waals surface area contributed by atoms with Gasteiger partial charge in [0.2, 0.25) is 0 Å². The van der Waals surface area contributed by atoms with Crippen LogP contribution in [0.5, 0.6) is 11.5 Å². The van der Waals surface area contributed by atoms with E-state index in [0.29, 0.717) is 12.3 Å². The molecule has 0 atom stereocenters. The van der Waals surface area contributed by atoms with Gasteiger partial charge in [-0.15, -0.1) is 0 Å². The molecule has 0 fully saturated rings. The van der Waals surface area contributed by atoms with Gasteiger partial charge < -0.3 is 20.1 Å². The number of rotatable bonds is 11. The van der Waals surface area contributed by atoms with Gasteiger partial charge in [0.1, 0.15) is 11.5 Å². The van der Waals surface area contributed by atoms with Gasteiger partial charge in [0.05, 0.1) is 24.6 Å². The molecular weight excluding hydrogens is 276 g/mol. The van der Waals surface area contributed by atoms with Crippen molar-refractivity contribution in [3.8, 4) is 11.5 Å². The summed E-state index contributed by atoms with van der Waals surface area (Å²) in [5.41, 5.74) is 7.86. The standard InChI is InChI=1S/C18H32N2O2/c1-5-9-11-21-17-14-16(20(7-3)8-4)18(13-15(17)19)22-12-10-6-2/h13-14H,5-12,19H2,1-4H3. The van der Waals surface area contributed by atoms with E-state index >= 15 is 0 Å². The van der Waals surface area contributed by atoms with Crippen molar-refractivity contribution in [2.45, 2.75) is 53.4 Å². The van der Waals surface area contributed by atoms with Gasteiger partial charge in [-0.1, -0.05) is 26.7 Å². The minimum Gasteiger partial charge on any atom is -0.491 e. The van der Waals surface area contributed by atoms with E-state index in [-0.39, 0.29) is 0 Å². The lowest BCUT2D eigenvalue weighted by molar-refractivity contribution is 0.302. The Bertz CT molecular complexity index is 431. The van der Waals surface area contributed by atoms with Crippen LogP contribution < -0.4 is 20.1 Å². The molecule has 0 saturated carbocycles. The minimum absolute atomic E-state index is 0.651. The molecule has 0 spiro atoms. The summed E-state index contributed by atoms with van der Waals surface area (Å²) in [6.07, 6.45) is 4.32. The van der Waals surface area contributed by atoms with Gasteiger partial charge in [-0.05, 0) is 26.7 Å². The van der Waals surface area contributed by atoms with Crippen molar-refractivity contribution < 1.29 is 9.47 Å². The summed E-state index contributed by atoms with van der Waals surface area (Å²) >= 11 is 0. The van der Waals surface area contributed by atoms with Gasteiger partial charge in [-0.2, -0.15) is 0 Å². The molecule has 0 aliphatic carbocycles. The zero-order chi connectivity index (χ0) is 16.4. The van der Waals surface area contributed by atoms with Crippen LogP contribution in [0.3, 0.4) is 0 Å². The van der Waals surface area contributed by atoms with E-state index in [0.717, 1.165) is 62.6 Å². The highest BCUT2D eigenvalue weighted by Gasteiger charge is 2.14. The first kappa shape index (κ1) is 18.5. The molecule has 1 rings (SSSR count). The van der Waals surface area contributed by atoms with Crippen molar-refractivity contribution in [1.82, 2.24) is 0 Å². The molecule has 0 unspecified atom stereocenters. The lowest BCUT2D eigenvalue weighted by atomic mass is 10.2. The van der Waals surface area contributed by atoms with Crippen LogP contribution in [-0.2, 0) is 0 Å². The van der Waals surface area contributed by atoms with Crippen LogP contribution in [0.25, 0.3) is 0 Å². The summed E-state index contributed by atoms with van der Waals surface area (Å²) < 4.78 is 11.8. The smallest absolute Gasteiger partial charge is 0.144 e. The summed E-state index contributed by atoms with van der Waals surface area (Å²) in [7, 11) is 0. The van der Waals surface area contributed by atoms with Crippen molar-refractivity contribution in [3.05, 3.63) is 12.1 Å². The summed E-state index contributed by atoms with van der Waals surface area (Å²) in [5, 5.41) is 0. The van der Waals surface area contributed by atoms with Gasteiger partial charge >= 0.3 is 0 Å². The van der Waals surface area contributed by atoms with Crippen molar-refractivity contribution in [1.29, 1.82) is 0 Å². The molecule has 2 N–H and O–H groups in total. The Morgan fingerprint density at radius 1 is 0.864 bits per heavy atom. The molecule has 4 nitrogen and oxygen atoms in total. The van der Waals surface area contributed by atoms with E-state index in [1.54, 1.807) is 0 Å². The molecule has 0 aromatic heterocycles. The van der Waals surface area contributed by atoms with Crippen molar-refractivity contribution in [2.24, 2.45) is 0 Å². The predicted molar refractivity (Wildman–Crippen MR) is 95.2 cm³/mol. The van der Waals surface area contributed by atoms with Gasteiger partial charge in [-0.25, -0.2) is 0 Å². The largest absolute Gasteiger partial charge is 0.491 e. The lowest BCUT2D eigenvalue weighted by Crippen LogP contribution is -2.23. The van der Waals surface area contributed by atoms with Crippen LogP contribution in [0.4, 0.5) is 11.4 Å². The molecule has 0 aliphatic rings. The number of benzene rings is 1. The third kappa shape index (κ3) is 5.32. The number of unbranched alkanes of at least 4 members (excludes halogenated alkanes) is 2. The Kier molecular flexibility index (Phi) is 8.56. The highest BCUT2D eigenvalue weighted by atomic mass is 16.5. The highest BCUT2D eigenvalue weighted by Crippen LogP contribution is 2.37. The quantitative estimate of drug-likeness (QED) is 0.484. The number of nitrogens with zero attached hydrogens (tertiary/aromatic N) is 1. The minimum atomic E-state index is 0.651. The van der Waals surface area contributed by atoms with Crippen molar-refractivity contribution >= 4 is 11.4 Å². The van der Waals surface area contributed by atoms with Crippen LogP contribution in [-0.4, -0.2) is 26.3 Å². The lowest BCUT2D eigenvalue weighted by Gasteiger charge is -2.25. The zero-order valence-electron chi connectivity index (χ0n) is 14.7. The fraction of sp³-hybridized carbons (Fsp3) is 0.667. The molecule has 0 bridgehead atoms. The molecule has 0 heterocycles.